The zero-order chi connectivity index (χ0) is 14.2. The smallest absolute Gasteiger partial charge is 0.0957 e. The highest BCUT2D eigenvalue weighted by Gasteiger charge is 2.12. The number of halogens is 1. The molecular weight excluding hydrogens is 314 g/mol. The van der Waals surface area contributed by atoms with Crippen LogP contribution in [0.4, 0.5) is 0 Å². The summed E-state index contributed by atoms with van der Waals surface area (Å²) < 4.78 is 6.98. The molecular formula is C17H20BrNO. The van der Waals surface area contributed by atoms with Crippen molar-refractivity contribution in [2.45, 2.75) is 18.9 Å². The summed E-state index contributed by atoms with van der Waals surface area (Å²) >= 11 is 3.55. The fourth-order valence-corrected chi connectivity index (χ4v) is 2.71. The molecule has 0 fully saturated rings. The van der Waals surface area contributed by atoms with Crippen LogP contribution in [0.15, 0.2) is 59.1 Å². The molecule has 2 N–H and O–H groups in total. The fraction of sp³-hybridized carbons (Fsp3) is 0.294. The molecule has 0 aliphatic carbocycles. The van der Waals surface area contributed by atoms with Crippen LogP contribution in [0.5, 0.6) is 0 Å². The van der Waals surface area contributed by atoms with E-state index in [1.54, 1.807) is 0 Å². The first-order valence-electron chi connectivity index (χ1n) is 6.91. The predicted octanol–water partition coefficient (Wildman–Crippen LogP) is 4.10. The van der Waals surface area contributed by atoms with Gasteiger partial charge in [-0.3, -0.25) is 0 Å². The Bertz CT molecular complexity index is 515. The van der Waals surface area contributed by atoms with E-state index in [2.05, 4.69) is 46.3 Å². The summed E-state index contributed by atoms with van der Waals surface area (Å²) in [5, 5.41) is 0. The number of aryl methyl sites for hydroxylation is 1. The number of nitrogens with two attached hydrogens (primary N) is 1. The third kappa shape index (κ3) is 4.44. The van der Waals surface area contributed by atoms with Crippen molar-refractivity contribution in [3.63, 3.8) is 0 Å². The van der Waals surface area contributed by atoms with Gasteiger partial charge in [0.15, 0.2) is 0 Å². The second-order valence-electron chi connectivity index (χ2n) is 4.71. The molecule has 0 heterocycles. The molecule has 0 amide bonds. The van der Waals surface area contributed by atoms with Crippen molar-refractivity contribution < 1.29 is 4.74 Å². The van der Waals surface area contributed by atoms with Crippen molar-refractivity contribution in [2.24, 2.45) is 5.73 Å². The highest BCUT2D eigenvalue weighted by molar-refractivity contribution is 9.10. The molecule has 2 aromatic rings. The van der Waals surface area contributed by atoms with Gasteiger partial charge in [-0.2, -0.15) is 0 Å². The minimum atomic E-state index is -0.0404. The van der Waals surface area contributed by atoms with Gasteiger partial charge in [0.05, 0.1) is 6.10 Å². The van der Waals surface area contributed by atoms with E-state index in [0.29, 0.717) is 6.54 Å². The second-order valence-corrected chi connectivity index (χ2v) is 5.56. The van der Waals surface area contributed by atoms with Gasteiger partial charge in [-0.25, -0.2) is 0 Å². The van der Waals surface area contributed by atoms with Crippen molar-refractivity contribution in [1.29, 1.82) is 0 Å². The van der Waals surface area contributed by atoms with Gasteiger partial charge >= 0.3 is 0 Å². The molecule has 0 radical (unpaired) electrons. The van der Waals surface area contributed by atoms with Crippen LogP contribution in [0.1, 0.15) is 23.7 Å². The molecule has 0 aliphatic heterocycles. The van der Waals surface area contributed by atoms with E-state index in [9.17, 15) is 0 Å². The summed E-state index contributed by atoms with van der Waals surface area (Å²) in [6.07, 6.45) is 2.00. The van der Waals surface area contributed by atoms with Crippen molar-refractivity contribution in [2.75, 3.05) is 13.2 Å². The normalized spacial score (nSPS) is 12.3. The number of rotatable bonds is 7. The maximum Gasteiger partial charge on any atom is 0.0957 e. The largest absolute Gasteiger partial charge is 0.372 e. The van der Waals surface area contributed by atoms with Gasteiger partial charge in [0.1, 0.15) is 0 Å². The van der Waals surface area contributed by atoms with Crippen molar-refractivity contribution >= 4 is 15.9 Å². The summed E-state index contributed by atoms with van der Waals surface area (Å²) in [5.41, 5.74) is 8.29. The maximum atomic E-state index is 5.92. The van der Waals surface area contributed by atoms with Crippen LogP contribution >= 0.6 is 15.9 Å². The van der Waals surface area contributed by atoms with Gasteiger partial charge in [0.25, 0.3) is 0 Å². The molecule has 0 bridgehead atoms. The fourth-order valence-electron chi connectivity index (χ4n) is 2.17. The Kier molecular flexibility index (Phi) is 6.25. The van der Waals surface area contributed by atoms with Gasteiger partial charge in [0, 0.05) is 17.6 Å². The lowest BCUT2D eigenvalue weighted by molar-refractivity contribution is 0.0566. The lowest BCUT2D eigenvalue weighted by Gasteiger charge is -2.17. The van der Waals surface area contributed by atoms with Gasteiger partial charge in [0.2, 0.25) is 0 Å². The Hall–Kier alpha value is -1.16. The first-order valence-corrected chi connectivity index (χ1v) is 7.70. The number of ether oxygens (including phenoxy) is 1. The van der Waals surface area contributed by atoms with E-state index in [1.165, 1.54) is 5.56 Å². The van der Waals surface area contributed by atoms with E-state index in [-0.39, 0.29) is 6.10 Å². The van der Waals surface area contributed by atoms with Gasteiger partial charge in [-0.05, 0) is 30.0 Å². The first kappa shape index (κ1) is 15.2. The van der Waals surface area contributed by atoms with E-state index in [0.717, 1.165) is 29.5 Å². The third-order valence-electron chi connectivity index (χ3n) is 3.24. The molecule has 106 valence electrons. The van der Waals surface area contributed by atoms with Crippen molar-refractivity contribution in [3.05, 3.63) is 70.2 Å². The Morgan fingerprint density at radius 3 is 2.40 bits per heavy atom. The molecule has 0 aliphatic rings. The lowest BCUT2D eigenvalue weighted by Crippen LogP contribution is -2.17. The number of hydrogen-bond acceptors (Lipinski definition) is 2. The van der Waals surface area contributed by atoms with Crippen LogP contribution < -0.4 is 5.73 Å². The molecule has 1 atom stereocenters. The molecule has 1 unspecified atom stereocenters. The van der Waals surface area contributed by atoms with Crippen LogP contribution in [0.3, 0.4) is 0 Å². The summed E-state index contributed by atoms with van der Waals surface area (Å²) in [4.78, 5) is 0. The topological polar surface area (TPSA) is 35.2 Å². The zero-order valence-electron chi connectivity index (χ0n) is 11.5. The molecule has 0 aromatic heterocycles. The van der Waals surface area contributed by atoms with Crippen molar-refractivity contribution in [3.8, 4) is 0 Å². The molecule has 20 heavy (non-hydrogen) atoms. The summed E-state index contributed by atoms with van der Waals surface area (Å²) in [6.45, 7) is 1.21. The Balaban J connectivity index is 1.81. The van der Waals surface area contributed by atoms with Crippen molar-refractivity contribution in [1.82, 2.24) is 0 Å². The Labute approximate surface area is 129 Å². The zero-order valence-corrected chi connectivity index (χ0v) is 13.1. The number of hydrogen-bond donors (Lipinski definition) is 1. The highest BCUT2D eigenvalue weighted by atomic mass is 79.9. The molecule has 0 saturated carbocycles. The highest BCUT2D eigenvalue weighted by Crippen LogP contribution is 2.25. The average molecular weight is 334 g/mol. The Morgan fingerprint density at radius 1 is 1.00 bits per heavy atom. The van der Waals surface area contributed by atoms with Crippen LogP contribution in [0.2, 0.25) is 0 Å². The molecule has 2 nitrogen and oxygen atoms in total. The van der Waals surface area contributed by atoms with E-state index in [4.69, 9.17) is 10.5 Å². The third-order valence-corrected chi connectivity index (χ3v) is 3.96. The van der Waals surface area contributed by atoms with Crippen LogP contribution in [0, 0.1) is 0 Å². The molecule has 2 rings (SSSR count). The molecule has 3 heteroatoms. The van der Waals surface area contributed by atoms with Gasteiger partial charge in [-0.1, -0.05) is 64.5 Å². The van der Waals surface area contributed by atoms with Crippen LogP contribution in [-0.4, -0.2) is 13.2 Å². The first-order chi connectivity index (χ1) is 9.81. The monoisotopic (exact) mass is 333 g/mol. The van der Waals surface area contributed by atoms with E-state index < -0.39 is 0 Å². The number of benzene rings is 2. The van der Waals surface area contributed by atoms with E-state index >= 15 is 0 Å². The summed E-state index contributed by atoms with van der Waals surface area (Å²) in [6, 6.07) is 18.6. The average Bonchev–Trinajstić information content (AvgIpc) is 2.50. The molecule has 0 saturated heterocycles. The van der Waals surface area contributed by atoms with Gasteiger partial charge < -0.3 is 10.5 Å². The standard InChI is InChI=1S/C17H20BrNO/c18-16-11-5-4-10-15(16)17(13-19)20-12-6-9-14-7-2-1-3-8-14/h1-5,7-8,10-11,17H,6,9,12-13,19H2. The maximum absolute atomic E-state index is 5.92. The SMILES string of the molecule is NCC(OCCCc1ccccc1)c1ccccc1Br. The second kappa shape index (κ2) is 8.20. The Morgan fingerprint density at radius 2 is 1.70 bits per heavy atom. The van der Waals surface area contributed by atoms with Gasteiger partial charge in [-0.15, -0.1) is 0 Å². The van der Waals surface area contributed by atoms with Crippen LogP contribution in [0.25, 0.3) is 0 Å². The minimum absolute atomic E-state index is 0.0404. The van der Waals surface area contributed by atoms with Crippen LogP contribution in [-0.2, 0) is 11.2 Å². The molecule has 2 aromatic carbocycles. The molecule has 0 spiro atoms. The summed E-state index contributed by atoms with van der Waals surface area (Å²) in [7, 11) is 0. The quantitative estimate of drug-likeness (QED) is 0.774. The lowest BCUT2D eigenvalue weighted by atomic mass is 10.1. The predicted molar refractivity (Wildman–Crippen MR) is 86.7 cm³/mol. The summed E-state index contributed by atoms with van der Waals surface area (Å²) in [5.74, 6) is 0. The minimum Gasteiger partial charge on any atom is -0.372 e. The van der Waals surface area contributed by atoms with E-state index in [1.807, 2.05) is 24.3 Å².